The molecule has 0 spiro atoms. The molecule has 1 aromatic carbocycles. The molecule has 2 aliphatic heterocycles. The Labute approximate surface area is 428 Å². The average molecular weight is 997 g/mol. The van der Waals surface area contributed by atoms with Crippen LogP contribution in [0.15, 0.2) is 60.2 Å². The molecule has 71 heavy (non-hydrogen) atoms. The summed E-state index contributed by atoms with van der Waals surface area (Å²) in [4.78, 5) is 82.2. The van der Waals surface area contributed by atoms with Gasteiger partial charge in [0, 0.05) is 32.1 Å². The summed E-state index contributed by atoms with van der Waals surface area (Å²) in [6.45, 7) is 9.83. The summed E-state index contributed by atoms with van der Waals surface area (Å²) in [6, 6.07) is 5.99. The average Bonchev–Trinajstić information content (AvgIpc) is 3.98. The van der Waals surface area contributed by atoms with E-state index in [4.69, 9.17) is 9.57 Å². The van der Waals surface area contributed by atoms with Gasteiger partial charge in [-0.05, 0) is 141 Å². The normalized spacial score (nSPS) is 29.4. The fourth-order valence-corrected chi connectivity index (χ4v) is 15.0. The lowest BCUT2D eigenvalue weighted by molar-refractivity contribution is -0.172. The van der Waals surface area contributed by atoms with Crippen LogP contribution >= 0.6 is 11.8 Å². The van der Waals surface area contributed by atoms with Crippen LogP contribution < -0.4 is 4.90 Å². The number of esters is 1. The van der Waals surface area contributed by atoms with Crippen molar-refractivity contribution in [1.29, 1.82) is 0 Å². The van der Waals surface area contributed by atoms with Crippen molar-refractivity contribution in [3.63, 3.8) is 0 Å². The lowest BCUT2D eigenvalue weighted by atomic mass is 9.47. The highest BCUT2D eigenvalue weighted by Crippen LogP contribution is 2.67. The summed E-state index contributed by atoms with van der Waals surface area (Å²) in [5, 5.41) is 10.0. The predicted octanol–water partition coefficient (Wildman–Crippen LogP) is 12.7. The van der Waals surface area contributed by atoms with Crippen molar-refractivity contribution in [2.75, 3.05) is 10.7 Å². The topological polar surface area (TPSA) is 148 Å². The van der Waals surface area contributed by atoms with Crippen LogP contribution in [0.25, 0.3) is 0 Å². The number of anilines is 1. The lowest BCUT2D eigenvalue weighted by Gasteiger charge is -2.58. The molecule has 1 N–H and O–H groups in total. The molecule has 0 bridgehead atoms. The Morgan fingerprint density at radius 3 is 2.41 bits per heavy atom. The fraction of sp³-hybridized carbons (Fsp3) is 0.695. The van der Waals surface area contributed by atoms with Crippen LogP contribution in [0.1, 0.15) is 205 Å². The molecule has 12 heteroatoms. The second-order valence-electron chi connectivity index (χ2n) is 22.5. The molecular formula is C59H84N2O9S. The Hall–Kier alpha value is -4.03. The summed E-state index contributed by atoms with van der Waals surface area (Å²) >= 11 is 1.54. The Balaban J connectivity index is 0.773. The number of aliphatic hydroxyl groups excluding tert-OH is 1. The number of imide groups is 2. The number of carbonyl (C=O) groups is 6. The maximum Gasteiger partial charge on any atom is 0.363 e. The van der Waals surface area contributed by atoms with Gasteiger partial charge in [-0.25, -0.2) is 9.69 Å². The third-order valence-corrected chi connectivity index (χ3v) is 19.1. The highest BCUT2D eigenvalue weighted by molar-refractivity contribution is 8.00. The number of rotatable bonds is 26. The number of nitrogens with zero attached hydrogens (tertiary/aromatic N) is 2. The monoisotopic (exact) mass is 997 g/mol. The molecule has 11 nitrogen and oxygen atoms in total. The van der Waals surface area contributed by atoms with Crippen molar-refractivity contribution in [1.82, 2.24) is 5.06 Å². The van der Waals surface area contributed by atoms with Crippen LogP contribution in [0.3, 0.4) is 0 Å². The number of thioether (sulfide) groups is 1. The molecule has 5 fully saturated rings. The van der Waals surface area contributed by atoms with Gasteiger partial charge in [-0.1, -0.05) is 128 Å². The molecule has 4 aliphatic carbocycles. The van der Waals surface area contributed by atoms with Crippen LogP contribution in [0.4, 0.5) is 5.69 Å². The quantitative estimate of drug-likeness (QED) is 0.0313. The molecule has 0 aromatic heterocycles. The molecule has 1 aromatic rings. The zero-order valence-electron chi connectivity index (χ0n) is 43.4. The minimum atomic E-state index is -0.904. The molecule has 3 saturated carbocycles. The molecular weight excluding hydrogens is 913 g/mol. The predicted molar refractivity (Wildman–Crippen MR) is 280 cm³/mol. The number of hydrogen-bond acceptors (Lipinski definition) is 10. The van der Waals surface area contributed by atoms with Gasteiger partial charge in [0.05, 0.1) is 22.6 Å². The van der Waals surface area contributed by atoms with Gasteiger partial charge >= 0.3 is 11.9 Å². The number of amides is 4. The largest absolute Gasteiger partial charge is 0.462 e. The molecule has 6 aliphatic rings. The Bertz CT molecular complexity index is 2120. The SMILES string of the molecule is CCCCC[C@H](O)/C=C/C=C\CCCCCCCC(=O)O[C@H]1CC[C@@]2(C)C(=CC[C@H]3[C@@H]4CC[C@H]([C@H](C)CCCCCSC5CC(=O)N(c6cccc(C(=O)ON7C(=O)CCC7=O)c6)C5=O)[C@@]4(C)CC[C@@H]32)C1. The first-order valence-electron chi connectivity index (χ1n) is 27.8. The minimum absolute atomic E-state index is 0.0121. The molecule has 2 saturated heterocycles. The number of fused-ring (bicyclic) bond motifs is 5. The number of carbonyl (C=O) groups excluding carboxylic acids is 6. The number of unbranched alkanes of at least 4 members (excludes halogenated alkanes) is 9. The van der Waals surface area contributed by atoms with Gasteiger partial charge < -0.3 is 14.7 Å². The summed E-state index contributed by atoms with van der Waals surface area (Å²) in [5.41, 5.74) is 2.46. The van der Waals surface area contributed by atoms with E-state index < -0.39 is 23.0 Å². The summed E-state index contributed by atoms with van der Waals surface area (Å²) < 4.78 is 6.14. The van der Waals surface area contributed by atoms with Gasteiger partial charge in [0.15, 0.2) is 0 Å². The Morgan fingerprint density at radius 1 is 0.845 bits per heavy atom. The van der Waals surface area contributed by atoms with E-state index in [2.05, 4.69) is 45.9 Å². The first-order chi connectivity index (χ1) is 34.2. The zero-order valence-corrected chi connectivity index (χ0v) is 44.2. The van der Waals surface area contributed by atoms with Crippen molar-refractivity contribution in [3.8, 4) is 0 Å². The summed E-state index contributed by atoms with van der Waals surface area (Å²) in [6.07, 6.45) is 35.6. The lowest BCUT2D eigenvalue weighted by Crippen LogP contribution is -2.51. The first kappa shape index (κ1) is 54.7. The second kappa shape index (κ2) is 25.8. The van der Waals surface area contributed by atoms with Crippen LogP contribution in [-0.4, -0.2) is 68.9 Å². The molecule has 10 atom stereocenters. The van der Waals surface area contributed by atoms with Gasteiger partial charge in [0.2, 0.25) is 11.8 Å². The van der Waals surface area contributed by atoms with E-state index in [1.807, 2.05) is 12.2 Å². The van der Waals surface area contributed by atoms with Crippen molar-refractivity contribution in [3.05, 3.63) is 65.8 Å². The van der Waals surface area contributed by atoms with E-state index in [0.29, 0.717) is 28.7 Å². The van der Waals surface area contributed by atoms with Gasteiger partial charge in [-0.3, -0.25) is 24.0 Å². The number of hydroxylamine groups is 2. The van der Waals surface area contributed by atoms with E-state index in [0.717, 1.165) is 112 Å². The van der Waals surface area contributed by atoms with E-state index in [-0.39, 0.29) is 65.9 Å². The molecule has 1 unspecified atom stereocenters. The van der Waals surface area contributed by atoms with E-state index in [1.54, 1.807) is 17.7 Å². The zero-order chi connectivity index (χ0) is 50.5. The highest BCUT2D eigenvalue weighted by Gasteiger charge is 2.59. The molecule has 4 amide bonds. The van der Waals surface area contributed by atoms with Crippen LogP contribution in [0.5, 0.6) is 0 Å². The second-order valence-corrected chi connectivity index (χ2v) is 23.8. The number of allylic oxidation sites excluding steroid dienone is 4. The fourth-order valence-electron chi connectivity index (χ4n) is 13.8. The standard InChI is InChI=1S/C59H84N2O9S/c1-5-6-15-24-45(62)25-17-12-10-8-7-9-11-13-18-26-55(66)69-46-33-35-58(3)43(39-46)27-28-47-49-30-29-48(59(49,4)36-34-50(47)58)41(2)21-16-14-19-37-71-51-40-54(65)60(56(51)67)44-23-20-22-42(38-44)57(68)70-61-52(63)31-32-53(61)64/h10,12,17,20,22-23,25,27,38,41,45-51,62H,5-9,11,13-16,18-19,21,24,26,28-37,39-40H2,1-4H3/b12-10-,25-17+/t41-,45+,46+,47+,48-,49+,50+,51?,58+,59-/m1/s1. The van der Waals surface area contributed by atoms with Gasteiger partial charge in [0.25, 0.3) is 11.8 Å². The van der Waals surface area contributed by atoms with Crippen LogP contribution in [0.2, 0.25) is 0 Å². The van der Waals surface area contributed by atoms with Gasteiger partial charge in [-0.2, -0.15) is 0 Å². The molecule has 7 rings (SSSR count). The minimum Gasteiger partial charge on any atom is -0.462 e. The Morgan fingerprint density at radius 2 is 1.61 bits per heavy atom. The molecule has 2 heterocycles. The van der Waals surface area contributed by atoms with E-state index in [9.17, 15) is 33.9 Å². The van der Waals surface area contributed by atoms with Crippen molar-refractivity contribution in [2.45, 2.75) is 212 Å². The van der Waals surface area contributed by atoms with E-state index >= 15 is 0 Å². The third-order valence-electron chi connectivity index (χ3n) is 17.8. The summed E-state index contributed by atoms with van der Waals surface area (Å²) in [7, 11) is 0. The van der Waals surface area contributed by atoms with Gasteiger partial charge in [-0.15, -0.1) is 16.8 Å². The third kappa shape index (κ3) is 13.6. The number of hydrogen-bond donors (Lipinski definition) is 1. The van der Waals surface area contributed by atoms with Gasteiger partial charge in [0.1, 0.15) is 6.10 Å². The molecule has 0 radical (unpaired) electrons. The smallest absolute Gasteiger partial charge is 0.363 e. The maximum atomic E-state index is 13.4. The highest BCUT2D eigenvalue weighted by atomic mass is 32.2. The first-order valence-corrected chi connectivity index (χ1v) is 28.8. The number of ether oxygens (including phenoxy) is 1. The van der Waals surface area contributed by atoms with Crippen LogP contribution in [-0.2, 0) is 33.5 Å². The number of aliphatic hydroxyl groups is 1. The van der Waals surface area contributed by atoms with Crippen molar-refractivity contribution in [2.24, 2.45) is 40.4 Å². The van der Waals surface area contributed by atoms with Crippen molar-refractivity contribution < 1.29 is 43.4 Å². The van der Waals surface area contributed by atoms with E-state index in [1.165, 1.54) is 81.7 Å². The number of benzene rings is 1. The summed E-state index contributed by atoms with van der Waals surface area (Å²) in [5.74, 6) is 1.73. The maximum absolute atomic E-state index is 13.4. The molecule has 390 valence electrons. The van der Waals surface area contributed by atoms with Crippen molar-refractivity contribution >= 4 is 53.0 Å². The Kier molecular flexibility index (Phi) is 19.9. The van der Waals surface area contributed by atoms with Crippen LogP contribution in [0, 0.1) is 40.4 Å².